The number of aromatic nitrogens is 1. The van der Waals surface area contributed by atoms with Crippen LogP contribution in [0.5, 0.6) is 0 Å². The van der Waals surface area contributed by atoms with Crippen LogP contribution >= 0.6 is 0 Å². The van der Waals surface area contributed by atoms with E-state index in [1.165, 1.54) is 6.07 Å². The van der Waals surface area contributed by atoms with E-state index in [0.717, 1.165) is 41.6 Å². The van der Waals surface area contributed by atoms with E-state index >= 15 is 0 Å². The van der Waals surface area contributed by atoms with Crippen molar-refractivity contribution in [2.45, 2.75) is 19.3 Å². The number of amides is 1. The molecule has 1 aromatic carbocycles. The number of carbonyl (C=O) groups is 1. The molecular formula is C15H13FN2O. The summed E-state index contributed by atoms with van der Waals surface area (Å²) in [6, 6.07) is 5.13. The number of halogens is 1. The van der Waals surface area contributed by atoms with E-state index in [1.807, 2.05) is 12.1 Å². The molecule has 4 heteroatoms. The number of hydrogen-bond donors (Lipinski definition) is 1. The Morgan fingerprint density at radius 1 is 1.21 bits per heavy atom. The standard InChI is InChI=1S/C15H13FN2O/c16-14-8-13(10-4-6-17-7-5-10)15(18-9-19)12-3-1-2-11(12)14/h4-9H,1-3H2,(H,18,19). The largest absolute Gasteiger partial charge is 0.328 e. The molecule has 19 heavy (non-hydrogen) atoms. The zero-order valence-electron chi connectivity index (χ0n) is 10.3. The number of fused-ring (bicyclic) bond motifs is 1. The Bertz CT molecular complexity index is 626. The van der Waals surface area contributed by atoms with Crippen molar-refractivity contribution in [1.82, 2.24) is 4.98 Å². The Morgan fingerprint density at radius 3 is 2.68 bits per heavy atom. The molecule has 0 bridgehead atoms. The van der Waals surface area contributed by atoms with Crippen molar-refractivity contribution in [3.8, 4) is 11.1 Å². The van der Waals surface area contributed by atoms with Crippen LogP contribution in [0.3, 0.4) is 0 Å². The molecular weight excluding hydrogens is 243 g/mol. The van der Waals surface area contributed by atoms with Crippen LogP contribution in [0, 0.1) is 5.82 Å². The maximum atomic E-state index is 14.1. The van der Waals surface area contributed by atoms with E-state index in [1.54, 1.807) is 12.4 Å². The van der Waals surface area contributed by atoms with Crippen LogP contribution in [0.1, 0.15) is 17.5 Å². The van der Waals surface area contributed by atoms with E-state index in [9.17, 15) is 9.18 Å². The summed E-state index contributed by atoms with van der Waals surface area (Å²) in [5, 5.41) is 2.73. The summed E-state index contributed by atoms with van der Waals surface area (Å²) in [5.41, 5.74) is 3.97. The monoisotopic (exact) mass is 256 g/mol. The Morgan fingerprint density at radius 2 is 1.95 bits per heavy atom. The van der Waals surface area contributed by atoms with Gasteiger partial charge in [0.2, 0.25) is 6.41 Å². The van der Waals surface area contributed by atoms with Gasteiger partial charge < -0.3 is 5.32 Å². The fraction of sp³-hybridized carbons (Fsp3) is 0.200. The molecule has 3 rings (SSSR count). The van der Waals surface area contributed by atoms with Crippen LogP contribution in [0.2, 0.25) is 0 Å². The third-order valence-electron chi connectivity index (χ3n) is 3.54. The van der Waals surface area contributed by atoms with Crippen molar-refractivity contribution in [2.75, 3.05) is 5.32 Å². The molecule has 0 atom stereocenters. The van der Waals surface area contributed by atoms with E-state index in [-0.39, 0.29) is 5.82 Å². The summed E-state index contributed by atoms with van der Waals surface area (Å²) in [5.74, 6) is -0.184. The highest BCUT2D eigenvalue weighted by Gasteiger charge is 2.22. The van der Waals surface area contributed by atoms with Gasteiger partial charge in [-0.05, 0) is 54.2 Å². The molecule has 0 aliphatic heterocycles. The molecule has 0 unspecified atom stereocenters. The molecule has 2 aromatic rings. The van der Waals surface area contributed by atoms with Crippen LogP contribution in [0.4, 0.5) is 10.1 Å². The minimum absolute atomic E-state index is 0.184. The lowest BCUT2D eigenvalue weighted by molar-refractivity contribution is -0.105. The maximum Gasteiger partial charge on any atom is 0.211 e. The molecule has 0 radical (unpaired) electrons. The molecule has 1 aliphatic carbocycles. The molecule has 3 nitrogen and oxygen atoms in total. The predicted octanol–water partition coefficient (Wildman–Crippen LogP) is 2.94. The topological polar surface area (TPSA) is 42.0 Å². The molecule has 96 valence electrons. The lowest BCUT2D eigenvalue weighted by atomic mass is 9.97. The highest BCUT2D eigenvalue weighted by Crippen LogP contribution is 2.38. The van der Waals surface area contributed by atoms with Crippen molar-refractivity contribution in [2.24, 2.45) is 0 Å². The molecule has 0 fully saturated rings. The summed E-state index contributed by atoms with van der Waals surface area (Å²) in [6.45, 7) is 0. The van der Waals surface area contributed by atoms with Gasteiger partial charge in [-0.3, -0.25) is 9.78 Å². The first-order chi connectivity index (χ1) is 9.31. The quantitative estimate of drug-likeness (QED) is 0.858. The predicted molar refractivity (Wildman–Crippen MR) is 71.3 cm³/mol. The van der Waals surface area contributed by atoms with E-state index in [2.05, 4.69) is 10.3 Å². The molecule has 1 heterocycles. The second-order valence-electron chi connectivity index (χ2n) is 4.59. The summed E-state index contributed by atoms with van der Waals surface area (Å²) in [6.07, 6.45) is 6.44. The molecule has 0 spiro atoms. The summed E-state index contributed by atoms with van der Waals surface area (Å²) < 4.78 is 14.1. The van der Waals surface area contributed by atoms with Gasteiger partial charge in [0.25, 0.3) is 0 Å². The Balaban J connectivity index is 2.24. The fourth-order valence-electron chi connectivity index (χ4n) is 2.71. The zero-order valence-corrected chi connectivity index (χ0v) is 10.3. The first-order valence-corrected chi connectivity index (χ1v) is 6.26. The van der Waals surface area contributed by atoms with Crippen LogP contribution < -0.4 is 5.32 Å². The fourth-order valence-corrected chi connectivity index (χ4v) is 2.71. The minimum Gasteiger partial charge on any atom is -0.328 e. The van der Waals surface area contributed by atoms with Crippen LogP contribution in [-0.4, -0.2) is 11.4 Å². The Hall–Kier alpha value is -2.23. The number of benzene rings is 1. The number of rotatable bonds is 3. The normalized spacial score (nSPS) is 13.1. The van der Waals surface area contributed by atoms with Gasteiger partial charge in [-0.1, -0.05) is 0 Å². The number of pyridine rings is 1. The number of hydrogen-bond acceptors (Lipinski definition) is 2. The Labute approximate surface area is 110 Å². The van der Waals surface area contributed by atoms with Gasteiger partial charge in [0.05, 0.1) is 5.69 Å². The number of anilines is 1. The zero-order chi connectivity index (χ0) is 13.2. The van der Waals surface area contributed by atoms with Crippen molar-refractivity contribution in [3.05, 3.63) is 47.5 Å². The summed E-state index contributed by atoms with van der Waals surface area (Å²) in [7, 11) is 0. The van der Waals surface area contributed by atoms with Gasteiger partial charge in [0, 0.05) is 18.0 Å². The molecule has 0 saturated heterocycles. The van der Waals surface area contributed by atoms with E-state index in [0.29, 0.717) is 12.0 Å². The molecule has 1 N–H and O–H groups in total. The van der Waals surface area contributed by atoms with Crippen molar-refractivity contribution >= 4 is 12.1 Å². The number of nitrogens with zero attached hydrogens (tertiary/aromatic N) is 1. The van der Waals surface area contributed by atoms with Crippen LogP contribution in [0.15, 0.2) is 30.6 Å². The van der Waals surface area contributed by atoms with Crippen LogP contribution in [-0.2, 0) is 17.6 Å². The first-order valence-electron chi connectivity index (χ1n) is 6.26. The third kappa shape index (κ3) is 1.99. The molecule has 1 aliphatic rings. The second-order valence-corrected chi connectivity index (χ2v) is 4.59. The maximum absolute atomic E-state index is 14.1. The van der Waals surface area contributed by atoms with Crippen molar-refractivity contribution < 1.29 is 9.18 Å². The Kier molecular flexibility index (Phi) is 2.99. The van der Waals surface area contributed by atoms with Gasteiger partial charge in [0.1, 0.15) is 5.82 Å². The van der Waals surface area contributed by atoms with Crippen molar-refractivity contribution in [1.29, 1.82) is 0 Å². The summed E-state index contributed by atoms with van der Waals surface area (Å²) >= 11 is 0. The smallest absolute Gasteiger partial charge is 0.211 e. The average Bonchev–Trinajstić information content (AvgIpc) is 2.93. The van der Waals surface area contributed by atoms with E-state index < -0.39 is 0 Å². The van der Waals surface area contributed by atoms with Crippen molar-refractivity contribution in [3.63, 3.8) is 0 Å². The number of carbonyl (C=O) groups excluding carboxylic acids is 1. The van der Waals surface area contributed by atoms with Gasteiger partial charge >= 0.3 is 0 Å². The molecule has 1 aromatic heterocycles. The highest BCUT2D eigenvalue weighted by molar-refractivity contribution is 5.88. The summed E-state index contributed by atoms with van der Waals surface area (Å²) in [4.78, 5) is 14.8. The van der Waals surface area contributed by atoms with Gasteiger partial charge in [-0.15, -0.1) is 0 Å². The van der Waals surface area contributed by atoms with Crippen LogP contribution in [0.25, 0.3) is 11.1 Å². The lowest BCUT2D eigenvalue weighted by Gasteiger charge is -2.14. The minimum atomic E-state index is -0.184. The van der Waals surface area contributed by atoms with Gasteiger partial charge in [0.15, 0.2) is 0 Å². The third-order valence-corrected chi connectivity index (χ3v) is 3.54. The van der Waals surface area contributed by atoms with Gasteiger partial charge in [-0.2, -0.15) is 0 Å². The lowest BCUT2D eigenvalue weighted by Crippen LogP contribution is -2.03. The SMILES string of the molecule is O=CNc1c(-c2ccncc2)cc(F)c2c1CCC2. The number of nitrogens with one attached hydrogen (secondary N) is 1. The molecule has 0 saturated carbocycles. The highest BCUT2D eigenvalue weighted by atomic mass is 19.1. The van der Waals surface area contributed by atoms with E-state index in [4.69, 9.17) is 0 Å². The first kappa shape index (κ1) is 11.8. The molecule has 1 amide bonds. The average molecular weight is 256 g/mol. The van der Waals surface area contributed by atoms with Gasteiger partial charge in [-0.25, -0.2) is 4.39 Å². The second kappa shape index (κ2) is 4.80.